The van der Waals surface area contributed by atoms with Crippen molar-refractivity contribution in [3.63, 3.8) is 0 Å². The van der Waals surface area contributed by atoms with Gasteiger partial charge in [-0.15, -0.1) is 0 Å². The van der Waals surface area contributed by atoms with Crippen molar-refractivity contribution in [2.24, 2.45) is 0 Å². The summed E-state index contributed by atoms with van der Waals surface area (Å²) < 4.78 is 51.5. The van der Waals surface area contributed by atoms with Crippen LogP contribution in [-0.4, -0.2) is 81.4 Å². The summed E-state index contributed by atoms with van der Waals surface area (Å²) in [6.07, 6.45) is 0.564. The van der Waals surface area contributed by atoms with E-state index < -0.39 is 12.5 Å². The molecular formula is C27H25F4N7O3. The highest BCUT2D eigenvalue weighted by atomic mass is 19.4. The van der Waals surface area contributed by atoms with Crippen LogP contribution >= 0.6 is 0 Å². The summed E-state index contributed by atoms with van der Waals surface area (Å²) >= 11 is 0. The largest absolute Gasteiger partial charge is 0.490 e. The van der Waals surface area contributed by atoms with Crippen LogP contribution in [0.1, 0.15) is 11.3 Å². The number of hydrogen-bond acceptors (Lipinski definition) is 9. The molecule has 0 radical (unpaired) electrons. The molecule has 14 heteroatoms. The standard InChI is InChI=1S/C25H24FN7O2.C2HF3O/c26-20-2-3-21(28-15-20)16-31-5-7-32(8-6-31)24-4-1-18(13-29-24)23-11-22(35-10-9-34)17-33-25(23)19(12-27)14-30-33;3-2(4,5)1-6/h1-4,11,13-15,17,34H,5-10,16H2;1H. The van der Waals surface area contributed by atoms with Crippen LogP contribution in [0.4, 0.5) is 23.4 Å². The summed E-state index contributed by atoms with van der Waals surface area (Å²) in [5, 5.41) is 22.9. The van der Waals surface area contributed by atoms with E-state index in [1.807, 2.05) is 18.2 Å². The first-order valence-corrected chi connectivity index (χ1v) is 12.4. The number of nitrogens with zero attached hydrogens (tertiary/aromatic N) is 7. The lowest BCUT2D eigenvalue weighted by Gasteiger charge is -2.35. The Morgan fingerprint density at radius 1 is 1.07 bits per heavy atom. The zero-order chi connectivity index (χ0) is 29.4. The number of carbonyl (C=O) groups is 1. The molecule has 10 nitrogen and oxygen atoms in total. The number of aldehydes is 1. The fourth-order valence-electron chi connectivity index (χ4n) is 4.24. The van der Waals surface area contributed by atoms with E-state index >= 15 is 0 Å². The third-order valence-corrected chi connectivity index (χ3v) is 6.13. The van der Waals surface area contributed by atoms with Crippen molar-refractivity contribution < 1.29 is 32.2 Å². The Bertz CT molecular complexity index is 1500. The second kappa shape index (κ2) is 13.2. The first-order valence-electron chi connectivity index (χ1n) is 12.4. The Kier molecular flexibility index (Phi) is 9.43. The van der Waals surface area contributed by atoms with Crippen LogP contribution in [0.2, 0.25) is 0 Å². The van der Waals surface area contributed by atoms with E-state index in [0.717, 1.165) is 48.8 Å². The topological polar surface area (TPSA) is 120 Å². The van der Waals surface area contributed by atoms with Crippen molar-refractivity contribution in [1.82, 2.24) is 24.5 Å². The average Bonchev–Trinajstić information content (AvgIpc) is 3.40. The monoisotopic (exact) mass is 571 g/mol. The van der Waals surface area contributed by atoms with Crippen molar-refractivity contribution in [2.75, 3.05) is 44.3 Å². The molecule has 0 aliphatic carbocycles. The maximum Gasteiger partial charge on any atom is 0.446 e. The van der Waals surface area contributed by atoms with Crippen LogP contribution in [0, 0.1) is 17.1 Å². The number of aliphatic hydroxyl groups excluding tert-OH is 1. The highest BCUT2D eigenvalue weighted by Crippen LogP contribution is 2.31. The minimum Gasteiger partial charge on any atom is -0.490 e. The molecule has 0 saturated carbocycles. The summed E-state index contributed by atoms with van der Waals surface area (Å²) in [6, 6.07) is 11.2. The third-order valence-electron chi connectivity index (χ3n) is 6.13. The van der Waals surface area contributed by atoms with Crippen molar-refractivity contribution in [1.29, 1.82) is 5.26 Å². The second-order valence-electron chi connectivity index (χ2n) is 8.92. The molecule has 5 heterocycles. The van der Waals surface area contributed by atoms with Gasteiger partial charge in [0.1, 0.15) is 30.1 Å². The minimum atomic E-state index is -4.64. The highest BCUT2D eigenvalue weighted by Gasteiger charge is 2.25. The molecule has 0 aromatic carbocycles. The molecule has 1 N–H and O–H groups in total. The predicted octanol–water partition coefficient (Wildman–Crippen LogP) is 3.24. The van der Waals surface area contributed by atoms with Crippen LogP contribution in [-0.2, 0) is 11.3 Å². The molecule has 214 valence electrons. The molecule has 41 heavy (non-hydrogen) atoms. The zero-order valence-electron chi connectivity index (χ0n) is 21.6. The lowest BCUT2D eigenvalue weighted by atomic mass is 10.1. The molecular weight excluding hydrogens is 546 g/mol. The van der Waals surface area contributed by atoms with Gasteiger partial charge in [-0.25, -0.2) is 13.9 Å². The second-order valence-corrected chi connectivity index (χ2v) is 8.92. The quantitative estimate of drug-likeness (QED) is 0.263. The number of piperazine rings is 1. The molecule has 4 aromatic heterocycles. The van der Waals surface area contributed by atoms with E-state index in [4.69, 9.17) is 19.6 Å². The van der Waals surface area contributed by atoms with E-state index in [2.05, 4.69) is 26.0 Å². The Morgan fingerprint density at radius 2 is 1.83 bits per heavy atom. The van der Waals surface area contributed by atoms with E-state index in [-0.39, 0.29) is 19.0 Å². The Hall–Kier alpha value is -4.61. The van der Waals surface area contributed by atoms with Gasteiger partial charge in [-0.3, -0.25) is 14.7 Å². The summed E-state index contributed by atoms with van der Waals surface area (Å²) in [5.74, 6) is 1.10. The SMILES string of the molecule is N#Cc1cnn2cc(OCCO)cc(-c3ccc(N4CCN(Cc5ccc(F)cn5)CC4)nc3)c12.O=CC(F)(F)F. The smallest absolute Gasteiger partial charge is 0.446 e. The van der Waals surface area contributed by atoms with Crippen LogP contribution in [0.3, 0.4) is 0 Å². The highest BCUT2D eigenvalue weighted by molar-refractivity contribution is 5.85. The number of carbonyl (C=O) groups excluding carboxylic acids is 1. The lowest BCUT2D eigenvalue weighted by molar-refractivity contribution is -0.156. The summed E-state index contributed by atoms with van der Waals surface area (Å²) in [4.78, 5) is 22.1. The van der Waals surface area contributed by atoms with Gasteiger partial charge in [-0.1, -0.05) is 0 Å². The van der Waals surface area contributed by atoms with Gasteiger partial charge in [0, 0.05) is 50.0 Å². The number of aliphatic hydroxyl groups is 1. The molecule has 1 saturated heterocycles. The average molecular weight is 572 g/mol. The van der Waals surface area contributed by atoms with Gasteiger partial charge in [-0.05, 0) is 30.3 Å². The maximum absolute atomic E-state index is 13.1. The van der Waals surface area contributed by atoms with Crippen molar-refractivity contribution in [3.8, 4) is 22.9 Å². The molecule has 5 rings (SSSR count). The number of aromatic nitrogens is 4. The first-order chi connectivity index (χ1) is 19.7. The third kappa shape index (κ3) is 7.74. The normalized spacial score (nSPS) is 13.8. The number of anilines is 1. The van der Waals surface area contributed by atoms with Gasteiger partial charge in [0.05, 0.1) is 42.0 Å². The number of rotatable bonds is 7. The van der Waals surface area contributed by atoms with Gasteiger partial charge in [-0.2, -0.15) is 23.5 Å². The summed E-state index contributed by atoms with van der Waals surface area (Å²) in [6.45, 7) is 4.12. The van der Waals surface area contributed by atoms with Crippen LogP contribution in [0.25, 0.3) is 16.6 Å². The number of halogens is 4. The molecule has 0 bridgehead atoms. The zero-order valence-corrected chi connectivity index (χ0v) is 21.6. The van der Waals surface area contributed by atoms with Crippen LogP contribution < -0.4 is 9.64 Å². The van der Waals surface area contributed by atoms with E-state index in [1.165, 1.54) is 18.5 Å². The Morgan fingerprint density at radius 3 is 2.41 bits per heavy atom. The predicted molar refractivity (Wildman–Crippen MR) is 140 cm³/mol. The first kappa shape index (κ1) is 29.4. The number of pyridine rings is 3. The number of ether oxygens (including phenoxy) is 1. The Balaban J connectivity index is 0.000000585. The van der Waals surface area contributed by atoms with E-state index in [1.54, 1.807) is 23.0 Å². The van der Waals surface area contributed by atoms with E-state index in [9.17, 15) is 22.8 Å². The van der Waals surface area contributed by atoms with E-state index in [0.29, 0.717) is 23.4 Å². The van der Waals surface area contributed by atoms with Crippen LogP contribution in [0.5, 0.6) is 5.75 Å². The number of alkyl halides is 3. The summed E-state index contributed by atoms with van der Waals surface area (Å²) in [7, 11) is 0. The van der Waals surface area contributed by atoms with Crippen molar-refractivity contribution in [2.45, 2.75) is 12.7 Å². The van der Waals surface area contributed by atoms with Gasteiger partial charge in [0.15, 0.2) is 0 Å². The minimum absolute atomic E-state index is 0.0974. The molecule has 1 fully saturated rings. The molecule has 0 amide bonds. The molecule has 1 aliphatic rings. The number of nitriles is 1. The fraction of sp³-hybridized carbons (Fsp3) is 0.296. The van der Waals surface area contributed by atoms with Crippen LogP contribution in [0.15, 0.2) is 55.1 Å². The summed E-state index contributed by atoms with van der Waals surface area (Å²) in [5.41, 5.74) is 3.62. The van der Waals surface area contributed by atoms with Gasteiger partial charge in [0.2, 0.25) is 6.29 Å². The lowest BCUT2D eigenvalue weighted by Crippen LogP contribution is -2.46. The molecule has 1 aliphatic heterocycles. The number of fused-ring (bicyclic) bond motifs is 1. The van der Waals surface area contributed by atoms with Crippen molar-refractivity contribution in [3.05, 3.63) is 72.2 Å². The molecule has 0 atom stereocenters. The fourth-order valence-corrected chi connectivity index (χ4v) is 4.24. The van der Waals surface area contributed by atoms with Gasteiger partial charge in [0.25, 0.3) is 0 Å². The molecule has 4 aromatic rings. The van der Waals surface area contributed by atoms with Gasteiger partial charge < -0.3 is 14.7 Å². The molecule has 0 spiro atoms. The Labute approximate surface area is 232 Å². The van der Waals surface area contributed by atoms with Crippen molar-refractivity contribution >= 4 is 17.6 Å². The maximum atomic E-state index is 13.1. The number of hydrogen-bond donors (Lipinski definition) is 1. The van der Waals surface area contributed by atoms with Gasteiger partial charge >= 0.3 is 6.18 Å². The molecule has 0 unspecified atom stereocenters.